The molecule has 1 unspecified atom stereocenters. The summed E-state index contributed by atoms with van der Waals surface area (Å²) in [5.74, 6) is -1.44. The van der Waals surface area contributed by atoms with E-state index in [0.717, 1.165) is 19.3 Å². The third-order valence-electron chi connectivity index (χ3n) is 3.46. The molecule has 1 aliphatic rings. The van der Waals surface area contributed by atoms with E-state index in [0.29, 0.717) is 13.0 Å². The van der Waals surface area contributed by atoms with Crippen LogP contribution >= 0.6 is 0 Å². The quantitative estimate of drug-likeness (QED) is 0.625. The molecule has 0 radical (unpaired) electrons. The molecule has 0 aromatic rings. The second kappa shape index (κ2) is 7.20. The Balaban J connectivity index is 2.43. The number of aliphatic hydroxyl groups excluding tert-OH is 1. The summed E-state index contributed by atoms with van der Waals surface area (Å²) < 4.78 is 0. The van der Waals surface area contributed by atoms with Crippen molar-refractivity contribution in [3.8, 4) is 0 Å². The van der Waals surface area contributed by atoms with Crippen molar-refractivity contribution in [2.24, 2.45) is 5.92 Å². The van der Waals surface area contributed by atoms with Crippen LogP contribution in [0.5, 0.6) is 0 Å². The van der Waals surface area contributed by atoms with Gasteiger partial charge in [0.05, 0.1) is 12.5 Å². The number of carboxylic acids is 1. The maximum atomic E-state index is 11.9. The van der Waals surface area contributed by atoms with Gasteiger partial charge in [-0.25, -0.2) is 4.79 Å². The summed E-state index contributed by atoms with van der Waals surface area (Å²) in [5.41, 5.74) is 0. The predicted molar refractivity (Wildman–Crippen MR) is 66.2 cm³/mol. The normalized spacial score (nSPS) is 16.8. The van der Waals surface area contributed by atoms with Crippen LogP contribution in [0.3, 0.4) is 0 Å². The third-order valence-corrected chi connectivity index (χ3v) is 3.46. The molecule has 0 bridgehead atoms. The highest BCUT2D eigenvalue weighted by Gasteiger charge is 2.28. The van der Waals surface area contributed by atoms with Crippen LogP contribution in [0.1, 0.15) is 32.6 Å². The van der Waals surface area contributed by atoms with E-state index in [9.17, 15) is 9.59 Å². The molecule has 18 heavy (non-hydrogen) atoms. The van der Waals surface area contributed by atoms with Crippen molar-refractivity contribution >= 4 is 12.0 Å². The molecule has 0 aromatic carbocycles. The van der Waals surface area contributed by atoms with Gasteiger partial charge in [0.15, 0.2) is 0 Å². The van der Waals surface area contributed by atoms with Gasteiger partial charge in [-0.15, -0.1) is 0 Å². The Morgan fingerprint density at radius 2 is 2.11 bits per heavy atom. The van der Waals surface area contributed by atoms with Crippen molar-refractivity contribution in [1.82, 2.24) is 10.2 Å². The van der Waals surface area contributed by atoms with Crippen LogP contribution in [0, 0.1) is 5.92 Å². The van der Waals surface area contributed by atoms with E-state index >= 15 is 0 Å². The molecular weight excluding hydrogens is 236 g/mol. The highest BCUT2D eigenvalue weighted by molar-refractivity contribution is 5.76. The van der Waals surface area contributed by atoms with E-state index in [2.05, 4.69) is 5.32 Å². The lowest BCUT2D eigenvalue weighted by atomic mass is 9.91. The van der Waals surface area contributed by atoms with Crippen LogP contribution in [0.4, 0.5) is 4.79 Å². The minimum absolute atomic E-state index is 0.0694. The number of amides is 2. The number of nitrogens with zero attached hydrogens (tertiary/aromatic N) is 1. The molecule has 1 rings (SSSR count). The maximum Gasteiger partial charge on any atom is 0.317 e. The first-order chi connectivity index (χ1) is 8.60. The maximum absolute atomic E-state index is 11.9. The van der Waals surface area contributed by atoms with Crippen LogP contribution in [-0.4, -0.2) is 52.9 Å². The molecule has 0 aromatic heterocycles. The molecule has 2 amide bonds. The van der Waals surface area contributed by atoms with Gasteiger partial charge in [-0.05, 0) is 25.7 Å². The number of aliphatic carboxylic acids is 1. The van der Waals surface area contributed by atoms with Crippen LogP contribution in [-0.2, 0) is 4.79 Å². The summed E-state index contributed by atoms with van der Waals surface area (Å²) >= 11 is 0. The molecule has 6 heteroatoms. The summed E-state index contributed by atoms with van der Waals surface area (Å²) in [6.45, 7) is 2.15. The minimum atomic E-state index is -0.893. The van der Waals surface area contributed by atoms with Crippen molar-refractivity contribution in [3.05, 3.63) is 0 Å². The molecule has 6 nitrogen and oxygen atoms in total. The Hall–Kier alpha value is -1.30. The van der Waals surface area contributed by atoms with Crippen LogP contribution in [0.25, 0.3) is 0 Å². The minimum Gasteiger partial charge on any atom is -0.481 e. The third kappa shape index (κ3) is 3.87. The standard InChI is InChI=1S/C12H22N2O4/c1-2-9(11(16)17)8-13-12(18)14(6-7-15)10-4-3-5-10/h9-10,15H,2-8H2,1H3,(H,13,18)(H,16,17). The number of nitrogens with one attached hydrogen (secondary N) is 1. The van der Waals surface area contributed by atoms with Gasteiger partial charge in [0.25, 0.3) is 0 Å². The van der Waals surface area contributed by atoms with Crippen molar-refractivity contribution in [3.63, 3.8) is 0 Å². The fourth-order valence-electron chi connectivity index (χ4n) is 1.97. The van der Waals surface area contributed by atoms with Crippen molar-refractivity contribution in [2.45, 2.75) is 38.6 Å². The Bertz CT molecular complexity index is 292. The van der Waals surface area contributed by atoms with Gasteiger partial charge in [-0.1, -0.05) is 6.92 Å². The summed E-state index contributed by atoms with van der Waals surface area (Å²) in [7, 11) is 0. The summed E-state index contributed by atoms with van der Waals surface area (Å²) in [5, 5.41) is 20.5. The van der Waals surface area contributed by atoms with Gasteiger partial charge >= 0.3 is 12.0 Å². The van der Waals surface area contributed by atoms with E-state index in [4.69, 9.17) is 10.2 Å². The van der Waals surface area contributed by atoms with Crippen LogP contribution in [0.15, 0.2) is 0 Å². The van der Waals surface area contributed by atoms with Gasteiger partial charge in [0.2, 0.25) is 0 Å². The topological polar surface area (TPSA) is 89.9 Å². The first kappa shape index (κ1) is 14.8. The predicted octanol–water partition coefficient (Wildman–Crippen LogP) is 0.654. The highest BCUT2D eigenvalue weighted by atomic mass is 16.4. The molecule has 0 spiro atoms. The van der Waals surface area contributed by atoms with Crippen molar-refractivity contribution in [1.29, 1.82) is 0 Å². The highest BCUT2D eigenvalue weighted by Crippen LogP contribution is 2.24. The Labute approximate surface area is 107 Å². The van der Waals surface area contributed by atoms with Crippen molar-refractivity contribution in [2.75, 3.05) is 19.7 Å². The molecule has 1 saturated carbocycles. The lowest BCUT2D eigenvalue weighted by molar-refractivity contribution is -0.141. The number of urea groups is 1. The fraction of sp³-hybridized carbons (Fsp3) is 0.833. The van der Waals surface area contributed by atoms with E-state index in [1.807, 2.05) is 0 Å². The summed E-state index contributed by atoms with van der Waals surface area (Å²) in [6.07, 6.45) is 3.51. The molecule has 0 heterocycles. The number of hydrogen-bond donors (Lipinski definition) is 3. The number of carbonyl (C=O) groups is 2. The molecule has 3 N–H and O–H groups in total. The lowest BCUT2D eigenvalue weighted by Crippen LogP contribution is -2.51. The Morgan fingerprint density at radius 1 is 1.44 bits per heavy atom. The number of rotatable bonds is 7. The number of carboxylic acid groups (broad SMARTS) is 1. The van der Waals surface area contributed by atoms with E-state index < -0.39 is 11.9 Å². The monoisotopic (exact) mass is 258 g/mol. The van der Waals surface area contributed by atoms with E-state index in [1.165, 1.54) is 0 Å². The summed E-state index contributed by atoms with van der Waals surface area (Å²) in [6, 6.07) is -0.0736. The second-order valence-electron chi connectivity index (χ2n) is 4.63. The van der Waals surface area contributed by atoms with Crippen LogP contribution < -0.4 is 5.32 Å². The fourth-order valence-corrected chi connectivity index (χ4v) is 1.97. The zero-order valence-electron chi connectivity index (χ0n) is 10.8. The molecule has 1 aliphatic carbocycles. The number of hydrogen-bond acceptors (Lipinski definition) is 3. The largest absolute Gasteiger partial charge is 0.481 e. The average molecular weight is 258 g/mol. The van der Waals surface area contributed by atoms with Gasteiger partial charge < -0.3 is 20.4 Å². The zero-order valence-corrected chi connectivity index (χ0v) is 10.8. The Morgan fingerprint density at radius 3 is 2.50 bits per heavy atom. The van der Waals surface area contributed by atoms with E-state index in [-0.39, 0.29) is 25.2 Å². The molecule has 1 atom stereocenters. The molecule has 0 saturated heterocycles. The summed E-state index contributed by atoms with van der Waals surface area (Å²) in [4.78, 5) is 24.4. The number of carbonyl (C=O) groups excluding carboxylic acids is 1. The van der Waals surface area contributed by atoms with Gasteiger partial charge in [0.1, 0.15) is 0 Å². The van der Waals surface area contributed by atoms with Crippen molar-refractivity contribution < 1.29 is 19.8 Å². The molecule has 1 fully saturated rings. The number of aliphatic hydroxyl groups is 1. The van der Waals surface area contributed by atoms with Gasteiger partial charge in [-0.3, -0.25) is 4.79 Å². The Kier molecular flexibility index (Phi) is 5.91. The first-order valence-electron chi connectivity index (χ1n) is 6.48. The average Bonchev–Trinajstić information content (AvgIpc) is 2.26. The smallest absolute Gasteiger partial charge is 0.317 e. The lowest BCUT2D eigenvalue weighted by Gasteiger charge is -2.37. The zero-order chi connectivity index (χ0) is 13.5. The molecular formula is C12H22N2O4. The van der Waals surface area contributed by atoms with Gasteiger partial charge in [0, 0.05) is 19.1 Å². The van der Waals surface area contributed by atoms with E-state index in [1.54, 1.807) is 11.8 Å². The molecule has 104 valence electrons. The van der Waals surface area contributed by atoms with Gasteiger partial charge in [-0.2, -0.15) is 0 Å². The second-order valence-corrected chi connectivity index (χ2v) is 4.63. The first-order valence-corrected chi connectivity index (χ1v) is 6.48. The SMILES string of the molecule is CCC(CNC(=O)N(CCO)C1CCC1)C(=O)O. The molecule has 0 aliphatic heterocycles. The van der Waals surface area contributed by atoms with Crippen LogP contribution in [0.2, 0.25) is 0 Å².